The molecular weight excluding hydrogens is 386 g/mol. The molecule has 136 valence electrons. The molecule has 1 aromatic carbocycles. The molecule has 2 heterocycles. The van der Waals surface area contributed by atoms with Crippen molar-refractivity contribution in [3.8, 4) is 0 Å². The number of rotatable bonds is 5. The topological polar surface area (TPSA) is 114 Å². The molecule has 10 heteroatoms. The maximum absolute atomic E-state index is 12.8. The summed E-state index contributed by atoms with van der Waals surface area (Å²) in [6.07, 6.45) is 3.29. The van der Waals surface area contributed by atoms with E-state index in [1.807, 2.05) is 4.90 Å². The molecule has 0 unspecified atom stereocenters. The van der Waals surface area contributed by atoms with Crippen molar-refractivity contribution in [2.24, 2.45) is 5.73 Å². The number of carboxylic acids is 1. The molecule has 0 saturated carbocycles. The standard InChI is InChI=1S/C15H17N3O4S2.ClH/c16-8-13-17-9-14(23-13)24(21,22)12-6-10(15(19)20)5-11(7-12)18-3-1-2-4-18;/h5-7,9H,1-4,8,16H2,(H,19,20);1H. The number of nitrogens with zero attached hydrogens (tertiary/aromatic N) is 2. The predicted molar refractivity (Wildman–Crippen MR) is 97.6 cm³/mol. The third-order valence-electron chi connectivity index (χ3n) is 3.89. The Morgan fingerprint density at radius 3 is 2.52 bits per heavy atom. The monoisotopic (exact) mass is 403 g/mol. The first-order chi connectivity index (χ1) is 11.4. The van der Waals surface area contributed by atoms with Crippen LogP contribution in [0.25, 0.3) is 0 Å². The molecule has 7 nitrogen and oxygen atoms in total. The fourth-order valence-corrected chi connectivity index (χ4v) is 5.17. The molecule has 0 bridgehead atoms. The molecule has 2 aromatic rings. The fourth-order valence-electron chi connectivity index (χ4n) is 2.65. The number of hydrogen-bond acceptors (Lipinski definition) is 7. The highest BCUT2D eigenvalue weighted by Crippen LogP contribution is 2.31. The second-order valence-electron chi connectivity index (χ2n) is 5.50. The maximum atomic E-state index is 12.8. The van der Waals surface area contributed by atoms with E-state index in [1.54, 1.807) is 0 Å². The molecule has 0 aliphatic carbocycles. The number of aromatic nitrogens is 1. The summed E-state index contributed by atoms with van der Waals surface area (Å²) in [6, 6.07) is 4.25. The summed E-state index contributed by atoms with van der Waals surface area (Å²) in [4.78, 5) is 17.3. The van der Waals surface area contributed by atoms with Crippen molar-refractivity contribution >= 4 is 45.2 Å². The Kier molecular flexibility index (Phi) is 6.04. The van der Waals surface area contributed by atoms with Crippen LogP contribution in [0.3, 0.4) is 0 Å². The van der Waals surface area contributed by atoms with E-state index in [2.05, 4.69) is 4.98 Å². The van der Waals surface area contributed by atoms with Crippen LogP contribution in [0.2, 0.25) is 0 Å². The minimum atomic E-state index is -3.83. The highest BCUT2D eigenvalue weighted by Gasteiger charge is 2.24. The second-order valence-corrected chi connectivity index (χ2v) is 8.79. The first kappa shape index (κ1) is 19.6. The third kappa shape index (κ3) is 3.95. The number of benzene rings is 1. The van der Waals surface area contributed by atoms with E-state index in [-0.39, 0.29) is 33.6 Å². The summed E-state index contributed by atoms with van der Waals surface area (Å²) >= 11 is 1.00. The molecule has 1 saturated heterocycles. The zero-order valence-corrected chi connectivity index (χ0v) is 15.7. The van der Waals surface area contributed by atoms with Crippen molar-refractivity contribution in [3.63, 3.8) is 0 Å². The largest absolute Gasteiger partial charge is 0.478 e. The van der Waals surface area contributed by atoms with Gasteiger partial charge in [0.15, 0.2) is 0 Å². The summed E-state index contributed by atoms with van der Waals surface area (Å²) in [5, 5.41) is 9.83. The number of thiazole rings is 1. The molecule has 0 spiro atoms. The summed E-state index contributed by atoms with van der Waals surface area (Å²) in [6.45, 7) is 1.75. The summed E-state index contributed by atoms with van der Waals surface area (Å²) in [7, 11) is -3.83. The number of halogens is 1. The lowest BCUT2D eigenvalue weighted by Gasteiger charge is -2.19. The highest BCUT2D eigenvalue weighted by molar-refractivity contribution is 7.93. The van der Waals surface area contributed by atoms with Gasteiger partial charge in [0.25, 0.3) is 0 Å². The average molecular weight is 404 g/mol. The maximum Gasteiger partial charge on any atom is 0.335 e. The van der Waals surface area contributed by atoms with Gasteiger partial charge in [0, 0.05) is 25.3 Å². The van der Waals surface area contributed by atoms with Crippen LogP contribution >= 0.6 is 23.7 Å². The van der Waals surface area contributed by atoms with Crippen molar-refractivity contribution in [2.45, 2.75) is 28.5 Å². The van der Waals surface area contributed by atoms with Gasteiger partial charge in [0.05, 0.1) is 16.7 Å². The Hall–Kier alpha value is -1.68. The Morgan fingerprint density at radius 1 is 1.28 bits per heavy atom. The van der Waals surface area contributed by atoms with E-state index >= 15 is 0 Å². The smallest absolute Gasteiger partial charge is 0.335 e. The molecule has 1 aliphatic rings. The van der Waals surface area contributed by atoms with E-state index < -0.39 is 15.8 Å². The highest BCUT2D eigenvalue weighted by atomic mass is 35.5. The number of carbonyl (C=O) groups is 1. The van der Waals surface area contributed by atoms with Crippen molar-refractivity contribution in [3.05, 3.63) is 35.0 Å². The second kappa shape index (κ2) is 7.69. The Balaban J connectivity index is 0.00000225. The minimum absolute atomic E-state index is 0. The lowest BCUT2D eigenvalue weighted by molar-refractivity contribution is 0.0696. The first-order valence-corrected chi connectivity index (χ1v) is 9.75. The van der Waals surface area contributed by atoms with E-state index in [1.165, 1.54) is 24.4 Å². The quantitative estimate of drug-likeness (QED) is 0.786. The molecule has 0 atom stereocenters. The Bertz CT molecular complexity index is 877. The number of sulfone groups is 1. The van der Waals surface area contributed by atoms with Crippen LogP contribution < -0.4 is 10.6 Å². The third-order valence-corrected chi connectivity index (χ3v) is 7.11. The normalized spacial score (nSPS) is 14.4. The van der Waals surface area contributed by atoms with Crippen molar-refractivity contribution < 1.29 is 18.3 Å². The lowest BCUT2D eigenvalue weighted by Crippen LogP contribution is -2.19. The predicted octanol–water partition coefficient (Wildman–Crippen LogP) is 2.15. The van der Waals surface area contributed by atoms with Crippen LogP contribution in [-0.4, -0.2) is 37.6 Å². The number of aromatic carboxylic acids is 1. The van der Waals surface area contributed by atoms with Gasteiger partial charge in [-0.3, -0.25) is 0 Å². The van der Waals surface area contributed by atoms with Gasteiger partial charge in [-0.15, -0.1) is 23.7 Å². The van der Waals surface area contributed by atoms with Gasteiger partial charge < -0.3 is 15.7 Å². The van der Waals surface area contributed by atoms with E-state index in [0.717, 1.165) is 37.3 Å². The number of hydrogen-bond donors (Lipinski definition) is 2. The molecule has 3 rings (SSSR count). The van der Waals surface area contributed by atoms with Crippen LogP contribution in [0, 0.1) is 0 Å². The van der Waals surface area contributed by atoms with Gasteiger partial charge in [-0.1, -0.05) is 0 Å². The lowest BCUT2D eigenvalue weighted by atomic mass is 10.2. The molecule has 1 aliphatic heterocycles. The van der Waals surface area contributed by atoms with Crippen molar-refractivity contribution in [1.82, 2.24) is 4.98 Å². The molecule has 0 radical (unpaired) electrons. The molecular formula is C15H18ClN3O4S2. The van der Waals surface area contributed by atoms with Gasteiger partial charge in [0.1, 0.15) is 9.22 Å². The van der Waals surface area contributed by atoms with Gasteiger partial charge in [-0.25, -0.2) is 18.2 Å². The number of nitrogens with two attached hydrogens (primary N) is 1. The average Bonchev–Trinajstić information content (AvgIpc) is 3.25. The van der Waals surface area contributed by atoms with Gasteiger partial charge in [0.2, 0.25) is 9.84 Å². The van der Waals surface area contributed by atoms with E-state index in [4.69, 9.17) is 5.73 Å². The van der Waals surface area contributed by atoms with Gasteiger partial charge >= 0.3 is 5.97 Å². The van der Waals surface area contributed by atoms with E-state index in [0.29, 0.717) is 10.7 Å². The zero-order chi connectivity index (χ0) is 17.3. The molecule has 0 amide bonds. The first-order valence-electron chi connectivity index (χ1n) is 7.45. The zero-order valence-electron chi connectivity index (χ0n) is 13.2. The van der Waals surface area contributed by atoms with Crippen LogP contribution in [0.1, 0.15) is 28.2 Å². The van der Waals surface area contributed by atoms with Crippen molar-refractivity contribution in [2.75, 3.05) is 18.0 Å². The Morgan fingerprint density at radius 2 is 1.96 bits per heavy atom. The Labute approximate surface area is 155 Å². The molecule has 25 heavy (non-hydrogen) atoms. The van der Waals surface area contributed by atoms with Gasteiger partial charge in [-0.2, -0.15) is 0 Å². The molecule has 3 N–H and O–H groups in total. The van der Waals surface area contributed by atoms with Crippen LogP contribution in [-0.2, 0) is 16.4 Å². The summed E-state index contributed by atoms with van der Waals surface area (Å²) in [5.41, 5.74) is 6.06. The fraction of sp³-hybridized carbons (Fsp3) is 0.333. The van der Waals surface area contributed by atoms with Crippen LogP contribution in [0.15, 0.2) is 33.5 Å². The molecule has 1 fully saturated rings. The van der Waals surface area contributed by atoms with Gasteiger partial charge in [-0.05, 0) is 31.0 Å². The number of anilines is 1. The summed E-state index contributed by atoms with van der Waals surface area (Å²) < 4.78 is 25.7. The SMILES string of the molecule is Cl.NCc1ncc(S(=O)(=O)c2cc(C(=O)O)cc(N3CCCC3)c2)s1. The van der Waals surface area contributed by atoms with Crippen molar-refractivity contribution in [1.29, 1.82) is 0 Å². The van der Waals surface area contributed by atoms with E-state index in [9.17, 15) is 18.3 Å². The summed E-state index contributed by atoms with van der Waals surface area (Å²) in [5.74, 6) is -1.15. The molecule has 1 aromatic heterocycles. The number of carboxylic acid groups (broad SMARTS) is 1. The van der Waals surface area contributed by atoms with Crippen LogP contribution in [0.4, 0.5) is 5.69 Å². The minimum Gasteiger partial charge on any atom is -0.478 e. The van der Waals surface area contributed by atoms with Crippen LogP contribution in [0.5, 0.6) is 0 Å².